The minimum absolute atomic E-state index is 0.0279. The van der Waals surface area contributed by atoms with Crippen molar-refractivity contribution in [2.45, 2.75) is 38.6 Å². The summed E-state index contributed by atoms with van der Waals surface area (Å²) in [6, 6.07) is 0.795. The first kappa shape index (κ1) is 24.5. The van der Waals surface area contributed by atoms with Gasteiger partial charge in [-0.25, -0.2) is 9.59 Å². The van der Waals surface area contributed by atoms with Crippen LogP contribution in [0.1, 0.15) is 20.1 Å². The van der Waals surface area contributed by atoms with Crippen LogP contribution in [0.25, 0.3) is 0 Å². The van der Waals surface area contributed by atoms with Crippen LogP contribution in [0, 0.1) is 5.92 Å². The number of nitrogens with one attached hydrogen (secondary N) is 1. The number of carbonyl (C=O) groups is 2. The average Bonchev–Trinajstić information content (AvgIpc) is 3.09. The van der Waals surface area contributed by atoms with Gasteiger partial charge in [0, 0.05) is 6.20 Å². The summed E-state index contributed by atoms with van der Waals surface area (Å²) in [6.07, 6.45) is -5.04. The van der Waals surface area contributed by atoms with Gasteiger partial charge in [-0.15, -0.1) is 0 Å². The predicted octanol–water partition coefficient (Wildman–Crippen LogP) is -0.338. The summed E-state index contributed by atoms with van der Waals surface area (Å²) >= 11 is 0. The molecule has 1 aromatic rings. The summed E-state index contributed by atoms with van der Waals surface area (Å²) in [6.45, 7) is 3.49. The fourth-order valence-electron chi connectivity index (χ4n) is 1.90. The molecule has 2 rings (SSSR count). The molecular weight excluding hydrogens is 405 g/mol. The van der Waals surface area contributed by atoms with Crippen molar-refractivity contribution >= 4 is 17.7 Å². The van der Waals surface area contributed by atoms with Crippen molar-refractivity contribution in [2.75, 3.05) is 18.5 Å². The first-order valence-corrected chi connectivity index (χ1v) is 8.20. The zero-order valence-electron chi connectivity index (χ0n) is 15.4. The first-order chi connectivity index (χ1) is 13.4. The lowest BCUT2D eigenvalue weighted by Crippen LogP contribution is -2.40. The van der Waals surface area contributed by atoms with E-state index in [2.05, 4.69) is 10.3 Å². The van der Waals surface area contributed by atoms with E-state index in [9.17, 15) is 22.8 Å². The van der Waals surface area contributed by atoms with E-state index in [4.69, 9.17) is 30.2 Å². The molecule has 1 aliphatic heterocycles. The summed E-state index contributed by atoms with van der Waals surface area (Å²) in [4.78, 5) is 36.5. The molecule has 0 aromatic carbocycles. The Kier molecular flexibility index (Phi) is 8.69. The molecule has 1 aliphatic rings. The third-order valence-corrected chi connectivity index (χ3v) is 3.54. The van der Waals surface area contributed by atoms with E-state index in [1.165, 1.54) is 16.8 Å². The van der Waals surface area contributed by atoms with Crippen molar-refractivity contribution in [3.8, 4) is 0 Å². The highest BCUT2D eigenvalue weighted by Crippen LogP contribution is 2.19. The standard InChI is InChI=1S/C13H20N4O5.C2HF3O2/c1-7(2)11(14)12(19)15-8-3-4-17(13(20)16-8)9-6-21-10(5-18)22-9;3-2(4,5)1(6)7/h3-4,7,9-11,18H,5-6,14H2,1-2H3,(H,15,16,19,20);(H,6,7). The molecule has 0 radical (unpaired) electrons. The van der Waals surface area contributed by atoms with Crippen molar-refractivity contribution < 1.29 is 42.4 Å². The molecule has 0 saturated carbocycles. The van der Waals surface area contributed by atoms with E-state index < -0.39 is 42.3 Å². The summed E-state index contributed by atoms with van der Waals surface area (Å²) in [5.74, 6) is -3.06. The summed E-state index contributed by atoms with van der Waals surface area (Å²) in [5, 5.41) is 18.6. The Labute approximate surface area is 162 Å². The zero-order valence-corrected chi connectivity index (χ0v) is 15.4. The van der Waals surface area contributed by atoms with E-state index in [1.807, 2.05) is 13.8 Å². The molecule has 1 aromatic heterocycles. The average molecular weight is 426 g/mol. The first-order valence-electron chi connectivity index (χ1n) is 8.20. The van der Waals surface area contributed by atoms with E-state index in [-0.39, 0.29) is 24.9 Å². The van der Waals surface area contributed by atoms with Gasteiger partial charge >= 0.3 is 17.8 Å². The fourth-order valence-corrected chi connectivity index (χ4v) is 1.90. The summed E-state index contributed by atoms with van der Waals surface area (Å²) in [7, 11) is 0. The van der Waals surface area contributed by atoms with Gasteiger partial charge < -0.3 is 30.7 Å². The molecule has 2 heterocycles. The Morgan fingerprint density at radius 2 is 2.03 bits per heavy atom. The number of carboxylic acid groups (broad SMARTS) is 1. The molecule has 1 saturated heterocycles. The van der Waals surface area contributed by atoms with Crippen molar-refractivity contribution in [3.63, 3.8) is 0 Å². The Balaban J connectivity index is 0.000000516. The second-order valence-corrected chi connectivity index (χ2v) is 6.10. The van der Waals surface area contributed by atoms with Gasteiger partial charge in [0.25, 0.3) is 0 Å². The highest BCUT2D eigenvalue weighted by atomic mass is 19.4. The van der Waals surface area contributed by atoms with Crippen LogP contribution in [0.3, 0.4) is 0 Å². The monoisotopic (exact) mass is 426 g/mol. The van der Waals surface area contributed by atoms with Crippen molar-refractivity contribution in [3.05, 3.63) is 22.7 Å². The van der Waals surface area contributed by atoms with Crippen LogP contribution in [0.15, 0.2) is 17.1 Å². The van der Waals surface area contributed by atoms with Crippen LogP contribution in [-0.2, 0) is 19.1 Å². The number of ether oxygens (including phenoxy) is 2. The Bertz CT molecular complexity index is 769. The smallest absolute Gasteiger partial charge is 0.475 e. The van der Waals surface area contributed by atoms with Gasteiger partial charge in [-0.05, 0) is 12.0 Å². The minimum atomic E-state index is -5.08. The summed E-state index contributed by atoms with van der Waals surface area (Å²) in [5.41, 5.74) is 5.13. The number of amides is 1. The van der Waals surface area contributed by atoms with Crippen molar-refractivity contribution in [1.29, 1.82) is 0 Å². The van der Waals surface area contributed by atoms with Gasteiger partial charge in [-0.3, -0.25) is 9.36 Å². The fraction of sp³-hybridized carbons (Fsp3) is 0.600. The molecule has 1 fully saturated rings. The van der Waals surface area contributed by atoms with Crippen molar-refractivity contribution in [1.82, 2.24) is 9.55 Å². The number of hydrogen-bond donors (Lipinski definition) is 4. The quantitative estimate of drug-likeness (QED) is 0.493. The lowest BCUT2D eigenvalue weighted by atomic mass is 10.1. The van der Waals surface area contributed by atoms with E-state index >= 15 is 0 Å². The number of aliphatic hydroxyl groups excluding tert-OH is 1. The number of hydrogen-bond acceptors (Lipinski definition) is 8. The van der Waals surface area contributed by atoms with Gasteiger partial charge in [0.2, 0.25) is 5.91 Å². The number of aromatic nitrogens is 2. The minimum Gasteiger partial charge on any atom is -0.475 e. The number of carbonyl (C=O) groups excluding carboxylic acids is 1. The Morgan fingerprint density at radius 3 is 2.45 bits per heavy atom. The molecule has 3 unspecified atom stereocenters. The van der Waals surface area contributed by atoms with E-state index in [0.29, 0.717) is 0 Å². The third-order valence-electron chi connectivity index (χ3n) is 3.54. The SMILES string of the molecule is CC(C)C(N)C(=O)Nc1ccn(C2COC(CO)O2)c(=O)n1.O=C(O)C(F)(F)F. The molecule has 14 heteroatoms. The molecule has 0 aliphatic carbocycles. The zero-order chi connectivity index (χ0) is 22.4. The molecule has 29 heavy (non-hydrogen) atoms. The second kappa shape index (κ2) is 10.3. The number of aliphatic carboxylic acids is 1. The van der Waals surface area contributed by atoms with Crippen LogP contribution in [0.4, 0.5) is 19.0 Å². The molecule has 0 spiro atoms. The maximum Gasteiger partial charge on any atom is 0.490 e. The molecule has 11 nitrogen and oxygen atoms in total. The van der Waals surface area contributed by atoms with Gasteiger partial charge in [-0.2, -0.15) is 18.2 Å². The number of anilines is 1. The number of rotatable bonds is 5. The van der Waals surface area contributed by atoms with Crippen LogP contribution in [-0.4, -0.2) is 63.4 Å². The van der Waals surface area contributed by atoms with Crippen LogP contribution in [0.2, 0.25) is 0 Å². The topological polar surface area (TPSA) is 166 Å². The van der Waals surface area contributed by atoms with Crippen LogP contribution in [0.5, 0.6) is 0 Å². The van der Waals surface area contributed by atoms with Crippen LogP contribution < -0.4 is 16.7 Å². The molecule has 164 valence electrons. The maximum atomic E-state index is 12.0. The molecule has 5 N–H and O–H groups in total. The van der Waals surface area contributed by atoms with Crippen LogP contribution >= 0.6 is 0 Å². The van der Waals surface area contributed by atoms with E-state index in [1.54, 1.807) is 0 Å². The Hall–Kier alpha value is -2.55. The Morgan fingerprint density at radius 1 is 1.45 bits per heavy atom. The molecule has 1 amide bonds. The molecule has 3 atom stereocenters. The number of aliphatic hydroxyl groups is 1. The number of halogens is 3. The number of nitrogens with zero attached hydrogens (tertiary/aromatic N) is 2. The lowest BCUT2D eigenvalue weighted by molar-refractivity contribution is -0.192. The summed E-state index contributed by atoms with van der Waals surface area (Å²) < 4.78 is 43.4. The molecular formula is C15H21F3N4O7. The largest absolute Gasteiger partial charge is 0.490 e. The second-order valence-electron chi connectivity index (χ2n) is 6.10. The van der Waals surface area contributed by atoms with Gasteiger partial charge in [-0.1, -0.05) is 13.8 Å². The highest BCUT2D eigenvalue weighted by molar-refractivity contribution is 5.93. The third kappa shape index (κ3) is 7.41. The van der Waals surface area contributed by atoms with Crippen molar-refractivity contribution in [2.24, 2.45) is 11.7 Å². The number of carboxylic acids is 1. The van der Waals surface area contributed by atoms with Gasteiger partial charge in [0.1, 0.15) is 5.82 Å². The van der Waals surface area contributed by atoms with E-state index in [0.717, 1.165) is 0 Å². The number of alkyl halides is 3. The highest BCUT2D eigenvalue weighted by Gasteiger charge is 2.38. The molecule has 0 bridgehead atoms. The maximum absolute atomic E-state index is 12.0. The van der Waals surface area contributed by atoms with Gasteiger partial charge in [0.05, 0.1) is 19.3 Å². The normalized spacial score (nSPS) is 20.0. The predicted molar refractivity (Wildman–Crippen MR) is 90.6 cm³/mol. The lowest BCUT2D eigenvalue weighted by Gasteiger charge is -2.16. The van der Waals surface area contributed by atoms with Gasteiger partial charge in [0.15, 0.2) is 12.5 Å². The number of nitrogens with two attached hydrogens (primary N) is 1.